The van der Waals surface area contributed by atoms with Gasteiger partial charge in [0.25, 0.3) is 0 Å². The molecule has 0 radical (unpaired) electrons. The number of aromatic nitrogens is 2. The van der Waals surface area contributed by atoms with Crippen LogP contribution >= 0.6 is 11.5 Å². The third kappa shape index (κ3) is 5.10. The minimum Gasteiger partial charge on any atom is -0.315 e. The molecular formula is C12H24N4S. The zero-order chi connectivity index (χ0) is 12.7. The summed E-state index contributed by atoms with van der Waals surface area (Å²) in [7, 11) is 0. The minimum absolute atomic E-state index is 0.0878. The summed E-state index contributed by atoms with van der Waals surface area (Å²) in [6.45, 7) is 12.7. The van der Waals surface area contributed by atoms with Gasteiger partial charge in [0.2, 0.25) is 0 Å². The number of nitrogens with zero attached hydrogens (tertiary/aromatic N) is 2. The van der Waals surface area contributed by atoms with Crippen molar-refractivity contribution >= 4 is 11.5 Å². The van der Waals surface area contributed by atoms with Gasteiger partial charge in [-0.2, -0.15) is 0 Å². The molecule has 1 aromatic rings. The summed E-state index contributed by atoms with van der Waals surface area (Å²) in [4.78, 5) is 1.26. The maximum absolute atomic E-state index is 4.23. The molecule has 17 heavy (non-hydrogen) atoms. The highest BCUT2D eigenvalue weighted by Gasteiger charge is 2.21. The van der Waals surface area contributed by atoms with Crippen molar-refractivity contribution < 1.29 is 0 Å². The van der Waals surface area contributed by atoms with Crippen LogP contribution in [-0.2, 0) is 12.0 Å². The van der Waals surface area contributed by atoms with Crippen LogP contribution in [0.5, 0.6) is 0 Å². The van der Waals surface area contributed by atoms with E-state index in [1.165, 1.54) is 22.8 Å². The van der Waals surface area contributed by atoms with Crippen LogP contribution in [0.3, 0.4) is 0 Å². The molecule has 4 nitrogen and oxygen atoms in total. The van der Waals surface area contributed by atoms with Gasteiger partial charge in [-0.15, -0.1) is 5.10 Å². The molecule has 0 fully saturated rings. The second-order valence-electron chi connectivity index (χ2n) is 5.22. The quantitative estimate of drug-likeness (QED) is 0.732. The van der Waals surface area contributed by atoms with Gasteiger partial charge in [0.15, 0.2) is 0 Å². The van der Waals surface area contributed by atoms with E-state index in [9.17, 15) is 0 Å². The van der Waals surface area contributed by atoms with E-state index in [4.69, 9.17) is 0 Å². The Morgan fingerprint density at radius 3 is 2.47 bits per heavy atom. The maximum Gasteiger partial charge on any atom is 0.0854 e. The van der Waals surface area contributed by atoms with E-state index in [2.05, 4.69) is 47.9 Å². The van der Waals surface area contributed by atoms with E-state index in [1.807, 2.05) is 0 Å². The van der Waals surface area contributed by atoms with Gasteiger partial charge in [0.05, 0.1) is 10.6 Å². The topological polar surface area (TPSA) is 49.8 Å². The number of nitrogens with one attached hydrogen (secondary N) is 2. The largest absolute Gasteiger partial charge is 0.315 e. The van der Waals surface area contributed by atoms with E-state index in [0.717, 1.165) is 31.9 Å². The highest BCUT2D eigenvalue weighted by molar-refractivity contribution is 7.05. The molecule has 1 heterocycles. The zero-order valence-corrected chi connectivity index (χ0v) is 12.2. The molecule has 98 valence electrons. The number of hydrogen-bond donors (Lipinski definition) is 2. The molecule has 0 unspecified atom stereocenters. The molecule has 0 amide bonds. The Kier molecular flexibility index (Phi) is 6.02. The van der Waals surface area contributed by atoms with Crippen LogP contribution in [0, 0.1) is 0 Å². The van der Waals surface area contributed by atoms with Crippen molar-refractivity contribution in [3.63, 3.8) is 0 Å². The van der Waals surface area contributed by atoms with Crippen LogP contribution in [0.25, 0.3) is 0 Å². The number of hydrogen-bond acceptors (Lipinski definition) is 5. The third-order valence-corrected chi connectivity index (χ3v) is 3.18. The molecule has 0 saturated heterocycles. The fourth-order valence-corrected chi connectivity index (χ4v) is 2.40. The maximum atomic E-state index is 4.23. The third-order valence-electron chi connectivity index (χ3n) is 2.46. The fourth-order valence-electron chi connectivity index (χ4n) is 1.57. The smallest absolute Gasteiger partial charge is 0.0854 e. The minimum atomic E-state index is 0.0878. The van der Waals surface area contributed by atoms with Gasteiger partial charge in [0.1, 0.15) is 0 Å². The summed E-state index contributed by atoms with van der Waals surface area (Å²) in [6, 6.07) is 0. The average molecular weight is 256 g/mol. The lowest BCUT2D eigenvalue weighted by atomic mass is 9.91. The normalized spacial score (nSPS) is 12.0. The Bertz CT molecular complexity index is 317. The Hall–Kier alpha value is -0.520. The Morgan fingerprint density at radius 2 is 1.82 bits per heavy atom. The summed E-state index contributed by atoms with van der Waals surface area (Å²) in [6.07, 6.45) is 1.19. The van der Waals surface area contributed by atoms with Crippen LogP contribution in [0.1, 0.15) is 44.7 Å². The molecule has 0 saturated carbocycles. The predicted molar refractivity (Wildman–Crippen MR) is 73.5 cm³/mol. The Labute approximate surface area is 108 Å². The van der Waals surface area contributed by atoms with Crippen LogP contribution in [-0.4, -0.2) is 29.2 Å². The lowest BCUT2D eigenvalue weighted by Gasteiger charge is -2.16. The molecule has 2 N–H and O–H groups in total. The Balaban J connectivity index is 2.30. The first-order valence-electron chi connectivity index (χ1n) is 6.29. The predicted octanol–water partition coefficient (Wildman–Crippen LogP) is 1.92. The SMILES string of the molecule is CCCNCCNCc1snnc1C(C)(C)C. The molecular weight excluding hydrogens is 232 g/mol. The van der Waals surface area contributed by atoms with Crippen molar-refractivity contribution in [2.45, 2.75) is 46.1 Å². The molecule has 5 heteroatoms. The van der Waals surface area contributed by atoms with Crippen LogP contribution in [0.2, 0.25) is 0 Å². The summed E-state index contributed by atoms with van der Waals surface area (Å²) in [5, 5.41) is 11.0. The molecule has 1 aromatic heterocycles. The zero-order valence-electron chi connectivity index (χ0n) is 11.3. The summed E-state index contributed by atoms with van der Waals surface area (Å²) >= 11 is 1.50. The van der Waals surface area contributed by atoms with Crippen LogP contribution in [0.15, 0.2) is 0 Å². The van der Waals surface area contributed by atoms with Gasteiger partial charge < -0.3 is 10.6 Å². The van der Waals surface area contributed by atoms with Crippen molar-refractivity contribution in [2.24, 2.45) is 0 Å². The van der Waals surface area contributed by atoms with Gasteiger partial charge in [-0.3, -0.25) is 0 Å². The molecule has 0 atom stereocenters. The lowest BCUT2D eigenvalue weighted by molar-refractivity contribution is 0.550. The fraction of sp³-hybridized carbons (Fsp3) is 0.833. The van der Waals surface area contributed by atoms with E-state index in [0.29, 0.717) is 0 Å². The first-order chi connectivity index (χ1) is 8.05. The van der Waals surface area contributed by atoms with Gasteiger partial charge >= 0.3 is 0 Å². The van der Waals surface area contributed by atoms with Gasteiger partial charge in [0, 0.05) is 25.0 Å². The van der Waals surface area contributed by atoms with E-state index < -0.39 is 0 Å². The highest BCUT2D eigenvalue weighted by Crippen LogP contribution is 2.25. The summed E-state index contributed by atoms with van der Waals surface area (Å²) in [5.74, 6) is 0. The van der Waals surface area contributed by atoms with E-state index in [1.54, 1.807) is 0 Å². The summed E-state index contributed by atoms with van der Waals surface area (Å²) in [5.41, 5.74) is 1.21. The molecule has 0 aliphatic rings. The molecule has 1 rings (SSSR count). The molecule has 0 aliphatic heterocycles. The van der Waals surface area contributed by atoms with Crippen molar-refractivity contribution in [1.82, 2.24) is 20.2 Å². The average Bonchev–Trinajstić information content (AvgIpc) is 2.71. The van der Waals surface area contributed by atoms with Crippen molar-refractivity contribution in [2.75, 3.05) is 19.6 Å². The molecule has 0 aromatic carbocycles. The first-order valence-corrected chi connectivity index (χ1v) is 7.06. The number of rotatable bonds is 7. The van der Waals surface area contributed by atoms with Gasteiger partial charge in [-0.1, -0.05) is 32.2 Å². The van der Waals surface area contributed by atoms with Gasteiger partial charge in [-0.05, 0) is 24.5 Å². The van der Waals surface area contributed by atoms with Crippen LogP contribution < -0.4 is 10.6 Å². The summed E-state index contributed by atoms with van der Waals surface area (Å²) < 4.78 is 4.05. The lowest BCUT2D eigenvalue weighted by Crippen LogP contribution is -2.28. The van der Waals surface area contributed by atoms with Crippen molar-refractivity contribution in [3.8, 4) is 0 Å². The molecule has 0 aliphatic carbocycles. The standard InChI is InChI=1S/C12H24N4S/c1-5-6-13-7-8-14-9-10-11(12(2,3)4)15-16-17-10/h13-14H,5-9H2,1-4H3. The second kappa shape index (κ2) is 7.03. The second-order valence-corrected chi connectivity index (χ2v) is 6.06. The van der Waals surface area contributed by atoms with E-state index in [-0.39, 0.29) is 5.41 Å². The van der Waals surface area contributed by atoms with Gasteiger partial charge in [-0.25, -0.2) is 0 Å². The molecule has 0 spiro atoms. The Morgan fingerprint density at radius 1 is 1.12 bits per heavy atom. The van der Waals surface area contributed by atoms with E-state index >= 15 is 0 Å². The van der Waals surface area contributed by atoms with Crippen molar-refractivity contribution in [1.29, 1.82) is 0 Å². The first kappa shape index (κ1) is 14.5. The van der Waals surface area contributed by atoms with Crippen LogP contribution in [0.4, 0.5) is 0 Å². The monoisotopic (exact) mass is 256 g/mol. The highest BCUT2D eigenvalue weighted by atomic mass is 32.1. The van der Waals surface area contributed by atoms with Crippen molar-refractivity contribution in [3.05, 3.63) is 10.6 Å². The molecule has 0 bridgehead atoms.